The SMILES string of the molecule is CN=C(NCC(=O)Nc1cccnc1)NCc1ccc(C(F)(F)F)cc1. The van der Waals surface area contributed by atoms with E-state index in [2.05, 4.69) is 25.9 Å². The number of carbonyl (C=O) groups is 1. The van der Waals surface area contributed by atoms with Crippen molar-refractivity contribution in [2.45, 2.75) is 12.7 Å². The van der Waals surface area contributed by atoms with Crippen molar-refractivity contribution in [3.05, 3.63) is 59.9 Å². The summed E-state index contributed by atoms with van der Waals surface area (Å²) < 4.78 is 37.6. The first-order valence-corrected chi connectivity index (χ1v) is 7.69. The maximum atomic E-state index is 12.5. The zero-order valence-electron chi connectivity index (χ0n) is 14.0. The van der Waals surface area contributed by atoms with E-state index in [-0.39, 0.29) is 19.0 Å². The van der Waals surface area contributed by atoms with Gasteiger partial charge in [-0.05, 0) is 29.8 Å². The van der Waals surface area contributed by atoms with E-state index in [4.69, 9.17) is 0 Å². The molecule has 0 bridgehead atoms. The minimum absolute atomic E-state index is 0.0262. The van der Waals surface area contributed by atoms with Gasteiger partial charge in [-0.2, -0.15) is 13.2 Å². The van der Waals surface area contributed by atoms with Crippen LogP contribution in [0.2, 0.25) is 0 Å². The van der Waals surface area contributed by atoms with Gasteiger partial charge in [0.05, 0.1) is 24.0 Å². The number of aromatic nitrogens is 1. The Morgan fingerprint density at radius 1 is 1.15 bits per heavy atom. The fourth-order valence-corrected chi connectivity index (χ4v) is 2.02. The van der Waals surface area contributed by atoms with Gasteiger partial charge in [0, 0.05) is 19.8 Å². The number of anilines is 1. The van der Waals surface area contributed by atoms with Crippen molar-refractivity contribution in [2.24, 2.45) is 4.99 Å². The third-order valence-corrected chi connectivity index (χ3v) is 3.33. The Kier molecular flexibility index (Phi) is 6.54. The average Bonchev–Trinajstić information content (AvgIpc) is 2.62. The second kappa shape index (κ2) is 8.84. The molecule has 2 rings (SSSR count). The second-order valence-electron chi connectivity index (χ2n) is 5.26. The molecule has 0 saturated heterocycles. The van der Waals surface area contributed by atoms with Crippen LogP contribution in [-0.4, -0.2) is 30.4 Å². The minimum Gasteiger partial charge on any atom is -0.352 e. The van der Waals surface area contributed by atoms with E-state index < -0.39 is 11.7 Å². The van der Waals surface area contributed by atoms with Gasteiger partial charge in [-0.15, -0.1) is 0 Å². The molecule has 0 spiro atoms. The Labute approximate surface area is 148 Å². The second-order valence-corrected chi connectivity index (χ2v) is 5.26. The van der Waals surface area contributed by atoms with Gasteiger partial charge >= 0.3 is 6.18 Å². The fraction of sp³-hybridized carbons (Fsp3) is 0.235. The standard InChI is InChI=1S/C17H18F3N5O/c1-21-16(24-11-15(26)25-14-3-2-8-22-10-14)23-9-12-4-6-13(7-5-12)17(18,19)20/h2-8,10H,9,11H2,1H3,(H,25,26)(H2,21,23,24). The summed E-state index contributed by atoms with van der Waals surface area (Å²) in [5.74, 6) is 0.0710. The lowest BCUT2D eigenvalue weighted by Gasteiger charge is -2.12. The molecule has 1 aromatic carbocycles. The molecule has 0 saturated carbocycles. The Morgan fingerprint density at radius 2 is 1.88 bits per heavy atom. The van der Waals surface area contributed by atoms with Crippen LogP contribution in [0, 0.1) is 0 Å². The molecule has 0 radical (unpaired) electrons. The molecule has 1 heterocycles. The molecule has 2 aromatic rings. The van der Waals surface area contributed by atoms with Crippen LogP contribution in [0.5, 0.6) is 0 Å². The van der Waals surface area contributed by atoms with Crippen molar-refractivity contribution in [3.8, 4) is 0 Å². The highest BCUT2D eigenvalue weighted by Crippen LogP contribution is 2.28. The van der Waals surface area contributed by atoms with Crippen LogP contribution in [0.1, 0.15) is 11.1 Å². The minimum atomic E-state index is -4.36. The lowest BCUT2D eigenvalue weighted by Crippen LogP contribution is -2.41. The Balaban J connectivity index is 1.79. The summed E-state index contributed by atoms with van der Waals surface area (Å²) in [7, 11) is 1.53. The van der Waals surface area contributed by atoms with Gasteiger partial charge in [-0.25, -0.2) is 0 Å². The number of nitrogens with one attached hydrogen (secondary N) is 3. The number of pyridine rings is 1. The van der Waals surface area contributed by atoms with E-state index >= 15 is 0 Å². The number of benzene rings is 1. The van der Waals surface area contributed by atoms with Crippen LogP contribution in [0.15, 0.2) is 53.8 Å². The molecule has 9 heteroatoms. The van der Waals surface area contributed by atoms with Crippen molar-refractivity contribution < 1.29 is 18.0 Å². The van der Waals surface area contributed by atoms with Crippen molar-refractivity contribution in [3.63, 3.8) is 0 Å². The number of carbonyl (C=O) groups excluding carboxylic acids is 1. The highest BCUT2D eigenvalue weighted by molar-refractivity contribution is 5.94. The first-order chi connectivity index (χ1) is 12.4. The van der Waals surface area contributed by atoms with Crippen molar-refractivity contribution in [1.82, 2.24) is 15.6 Å². The highest BCUT2D eigenvalue weighted by Gasteiger charge is 2.29. The van der Waals surface area contributed by atoms with Gasteiger partial charge < -0.3 is 16.0 Å². The smallest absolute Gasteiger partial charge is 0.352 e. The number of aliphatic imine (C=N–C) groups is 1. The van der Waals surface area contributed by atoms with Crippen LogP contribution >= 0.6 is 0 Å². The monoisotopic (exact) mass is 365 g/mol. The molecule has 0 aliphatic rings. The van der Waals surface area contributed by atoms with Gasteiger partial charge in [0.15, 0.2) is 5.96 Å². The summed E-state index contributed by atoms with van der Waals surface area (Å²) in [6.07, 6.45) is -1.23. The van der Waals surface area contributed by atoms with E-state index in [1.807, 2.05) is 0 Å². The quantitative estimate of drug-likeness (QED) is 0.562. The Bertz CT molecular complexity index is 745. The van der Waals surface area contributed by atoms with Gasteiger partial charge in [0.2, 0.25) is 5.91 Å². The number of rotatable bonds is 5. The van der Waals surface area contributed by atoms with Crippen LogP contribution in [0.3, 0.4) is 0 Å². The largest absolute Gasteiger partial charge is 0.416 e. The van der Waals surface area contributed by atoms with E-state index in [9.17, 15) is 18.0 Å². The molecular formula is C17H18F3N5O. The van der Waals surface area contributed by atoms with Crippen LogP contribution < -0.4 is 16.0 Å². The molecule has 6 nitrogen and oxygen atoms in total. The van der Waals surface area contributed by atoms with E-state index in [1.54, 1.807) is 18.3 Å². The molecule has 0 aliphatic carbocycles. The van der Waals surface area contributed by atoms with Crippen LogP contribution in [0.25, 0.3) is 0 Å². The van der Waals surface area contributed by atoms with Gasteiger partial charge in [0.1, 0.15) is 0 Å². The number of nitrogens with zero attached hydrogens (tertiary/aromatic N) is 2. The number of alkyl halides is 3. The first-order valence-electron chi connectivity index (χ1n) is 7.69. The summed E-state index contributed by atoms with van der Waals surface area (Å²) in [5.41, 5.74) is 0.531. The third-order valence-electron chi connectivity index (χ3n) is 3.33. The maximum Gasteiger partial charge on any atom is 0.416 e. The lowest BCUT2D eigenvalue weighted by molar-refractivity contribution is -0.137. The number of hydrogen-bond acceptors (Lipinski definition) is 3. The molecule has 1 aromatic heterocycles. The van der Waals surface area contributed by atoms with E-state index in [0.717, 1.165) is 12.1 Å². The first kappa shape index (κ1) is 19.2. The molecule has 3 N–H and O–H groups in total. The van der Waals surface area contributed by atoms with Gasteiger partial charge in [0.25, 0.3) is 0 Å². The zero-order chi connectivity index (χ0) is 19.0. The van der Waals surface area contributed by atoms with Crippen LogP contribution in [-0.2, 0) is 17.5 Å². The molecule has 138 valence electrons. The topological polar surface area (TPSA) is 78.4 Å². The summed E-state index contributed by atoms with van der Waals surface area (Å²) >= 11 is 0. The maximum absolute atomic E-state index is 12.5. The predicted molar refractivity (Wildman–Crippen MR) is 92.5 cm³/mol. The normalized spacial score (nSPS) is 11.8. The zero-order valence-corrected chi connectivity index (χ0v) is 14.0. The Hall–Kier alpha value is -3.10. The van der Waals surface area contributed by atoms with Crippen molar-refractivity contribution >= 4 is 17.6 Å². The molecular weight excluding hydrogens is 347 g/mol. The molecule has 0 aliphatic heterocycles. The lowest BCUT2D eigenvalue weighted by atomic mass is 10.1. The molecule has 1 amide bonds. The number of halogens is 3. The molecule has 0 unspecified atom stereocenters. The summed E-state index contributed by atoms with van der Waals surface area (Å²) in [4.78, 5) is 19.7. The highest BCUT2D eigenvalue weighted by atomic mass is 19.4. The molecule has 0 fully saturated rings. The van der Waals surface area contributed by atoms with Crippen molar-refractivity contribution in [2.75, 3.05) is 18.9 Å². The van der Waals surface area contributed by atoms with Crippen molar-refractivity contribution in [1.29, 1.82) is 0 Å². The van der Waals surface area contributed by atoms with Gasteiger partial charge in [-0.3, -0.25) is 14.8 Å². The summed E-state index contributed by atoms with van der Waals surface area (Å²) in [5, 5.41) is 8.41. The third kappa shape index (κ3) is 6.08. The molecule has 26 heavy (non-hydrogen) atoms. The predicted octanol–water partition coefficient (Wildman–Crippen LogP) is 2.40. The van der Waals surface area contributed by atoms with Gasteiger partial charge in [-0.1, -0.05) is 12.1 Å². The average molecular weight is 365 g/mol. The summed E-state index contributed by atoms with van der Waals surface area (Å²) in [6, 6.07) is 8.23. The number of amides is 1. The number of guanidine groups is 1. The fourth-order valence-electron chi connectivity index (χ4n) is 2.02. The molecule has 0 atom stereocenters. The van der Waals surface area contributed by atoms with E-state index in [1.165, 1.54) is 25.4 Å². The van der Waals surface area contributed by atoms with Crippen LogP contribution in [0.4, 0.5) is 18.9 Å². The Morgan fingerprint density at radius 3 is 2.46 bits per heavy atom. The summed E-state index contributed by atoms with van der Waals surface area (Å²) in [6.45, 7) is 0.240. The number of hydrogen-bond donors (Lipinski definition) is 3. The van der Waals surface area contributed by atoms with E-state index in [0.29, 0.717) is 17.2 Å².